The van der Waals surface area contributed by atoms with Crippen LogP contribution in [0, 0.1) is 11.7 Å². The van der Waals surface area contributed by atoms with Crippen molar-refractivity contribution in [2.24, 2.45) is 5.92 Å². The fourth-order valence-electron chi connectivity index (χ4n) is 2.26. The highest BCUT2D eigenvalue weighted by atomic mass is 35.5. The first-order valence-corrected chi connectivity index (χ1v) is 8.06. The van der Waals surface area contributed by atoms with Crippen molar-refractivity contribution in [2.75, 3.05) is 13.1 Å². The largest absolute Gasteiger partial charge is 0.317 e. The molecule has 0 aliphatic rings. The topological polar surface area (TPSA) is 12.0 Å². The van der Waals surface area contributed by atoms with E-state index in [2.05, 4.69) is 18.3 Å². The van der Waals surface area contributed by atoms with Crippen LogP contribution in [0.3, 0.4) is 0 Å². The molecule has 108 valence electrons. The highest BCUT2D eigenvalue weighted by Crippen LogP contribution is 2.25. The molecule has 1 atom stereocenters. The Morgan fingerprint density at radius 1 is 1.15 bits per heavy atom. The Kier molecular flexibility index (Phi) is 6.02. The fourth-order valence-corrected chi connectivity index (χ4v) is 3.47. The van der Waals surface area contributed by atoms with Crippen molar-refractivity contribution in [3.05, 3.63) is 57.0 Å². The second kappa shape index (κ2) is 7.77. The predicted octanol–water partition coefficient (Wildman–Crippen LogP) is 4.55. The summed E-state index contributed by atoms with van der Waals surface area (Å²) in [5.41, 5.74) is 1.18. The summed E-state index contributed by atoms with van der Waals surface area (Å²) in [7, 11) is 0. The SMILES string of the molecule is CCNCC(Cc1ccc(F)cc1)Cc1ccc(Cl)s1. The standard InChI is InChI=1S/C16H19ClFNS/c1-2-19-11-13(10-15-7-8-16(17)20-15)9-12-3-5-14(18)6-4-12/h3-8,13,19H,2,9-11H2,1H3. The Bertz CT molecular complexity index is 524. The molecule has 1 heterocycles. The van der Waals surface area contributed by atoms with Gasteiger partial charge in [0, 0.05) is 4.88 Å². The van der Waals surface area contributed by atoms with Gasteiger partial charge in [-0.1, -0.05) is 30.7 Å². The molecule has 0 radical (unpaired) electrons. The van der Waals surface area contributed by atoms with E-state index in [1.807, 2.05) is 18.2 Å². The zero-order valence-corrected chi connectivity index (χ0v) is 13.1. The molecule has 0 amide bonds. The molecule has 20 heavy (non-hydrogen) atoms. The molecule has 0 aliphatic heterocycles. The number of thiophene rings is 1. The number of halogens is 2. The number of hydrogen-bond donors (Lipinski definition) is 1. The summed E-state index contributed by atoms with van der Waals surface area (Å²) in [4.78, 5) is 1.31. The molecule has 0 spiro atoms. The van der Waals surface area contributed by atoms with Crippen molar-refractivity contribution in [2.45, 2.75) is 19.8 Å². The van der Waals surface area contributed by atoms with E-state index >= 15 is 0 Å². The minimum atomic E-state index is -0.179. The van der Waals surface area contributed by atoms with Crippen molar-refractivity contribution < 1.29 is 4.39 Å². The number of benzene rings is 1. The quantitative estimate of drug-likeness (QED) is 0.791. The minimum absolute atomic E-state index is 0.179. The lowest BCUT2D eigenvalue weighted by Crippen LogP contribution is -2.25. The van der Waals surface area contributed by atoms with Gasteiger partial charge in [-0.2, -0.15) is 0 Å². The van der Waals surface area contributed by atoms with Crippen molar-refractivity contribution in [3.8, 4) is 0 Å². The molecule has 2 aromatic rings. The van der Waals surface area contributed by atoms with E-state index in [0.717, 1.165) is 30.3 Å². The third kappa shape index (κ3) is 4.89. The van der Waals surface area contributed by atoms with Crippen molar-refractivity contribution in [3.63, 3.8) is 0 Å². The monoisotopic (exact) mass is 311 g/mol. The van der Waals surface area contributed by atoms with E-state index in [1.54, 1.807) is 11.3 Å². The maximum atomic E-state index is 13.0. The molecule has 1 aromatic carbocycles. The first kappa shape index (κ1) is 15.5. The summed E-state index contributed by atoms with van der Waals surface area (Å²) in [6.45, 7) is 4.03. The number of hydrogen-bond acceptors (Lipinski definition) is 2. The molecule has 1 aromatic heterocycles. The van der Waals surface area contributed by atoms with Crippen molar-refractivity contribution in [1.82, 2.24) is 5.32 Å². The summed E-state index contributed by atoms with van der Waals surface area (Å²) >= 11 is 7.63. The predicted molar refractivity (Wildman–Crippen MR) is 85.2 cm³/mol. The second-order valence-corrected chi connectivity index (χ2v) is 6.71. The Labute approximate surface area is 128 Å². The summed E-state index contributed by atoms with van der Waals surface area (Å²) in [5.74, 6) is 0.317. The van der Waals surface area contributed by atoms with Gasteiger partial charge >= 0.3 is 0 Å². The number of nitrogens with one attached hydrogen (secondary N) is 1. The zero-order chi connectivity index (χ0) is 14.4. The summed E-state index contributed by atoms with van der Waals surface area (Å²) < 4.78 is 13.8. The molecular formula is C16H19ClFNS. The van der Waals surface area contributed by atoms with E-state index in [0.29, 0.717) is 5.92 Å². The average Bonchev–Trinajstić information content (AvgIpc) is 2.84. The van der Waals surface area contributed by atoms with Crippen molar-refractivity contribution >= 4 is 22.9 Å². The molecule has 2 rings (SSSR count). The van der Waals surface area contributed by atoms with Gasteiger partial charge in [-0.05, 0) is 61.7 Å². The normalized spacial score (nSPS) is 12.6. The van der Waals surface area contributed by atoms with Crippen LogP contribution in [0.15, 0.2) is 36.4 Å². The van der Waals surface area contributed by atoms with Crippen LogP contribution < -0.4 is 5.32 Å². The summed E-state index contributed by atoms with van der Waals surface area (Å²) in [6.07, 6.45) is 1.95. The first-order chi connectivity index (χ1) is 9.67. The lowest BCUT2D eigenvalue weighted by molar-refractivity contribution is 0.480. The Morgan fingerprint density at radius 2 is 1.90 bits per heavy atom. The van der Waals surface area contributed by atoms with Gasteiger partial charge in [0.05, 0.1) is 4.34 Å². The highest BCUT2D eigenvalue weighted by molar-refractivity contribution is 7.16. The maximum absolute atomic E-state index is 13.0. The van der Waals surface area contributed by atoms with Crippen LogP contribution in [0.4, 0.5) is 4.39 Å². The Morgan fingerprint density at radius 3 is 2.50 bits per heavy atom. The third-order valence-electron chi connectivity index (χ3n) is 3.24. The van der Waals surface area contributed by atoms with Crippen LogP contribution in [0.25, 0.3) is 0 Å². The van der Waals surface area contributed by atoms with Crippen LogP contribution in [-0.4, -0.2) is 13.1 Å². The first-order valence-electron chi connectivity index (χ1n) is 6.86. The van der Waals surface area contributed by atoms with E-state index in [4.69, 9.17) is 11.6 Å². The van der Waals surface area contributed by atoms with Gasteiger partial charge in [0.15, 0.2) is 0 Å². The van der Waals surface area contributed by atoms with Gasteiger partial charge < -0.3 is 5.32 Å². The molecule has 1 nitrogen and oxygen atoms in total. The lowest BCUT2D eigenvalue weighted by atomic mass is 9.95. The van der Waals surface area contributed by atoms with Crippen LogP contribution in [0.5, 0.6) is 0 Å². The molecule has 0 saturated heterocycles. The Balaban J connectivity index is 2.00. The van der Waals surface area contributed by atoms with Gasteiger partial charge in [-0.15, -0.1) is 11.3 Å². The maximum Gasteiger partial charge on any atom is 0.123 e. The van der Waals surface area contributed by atoms with Gasteiger partial charge in [-0.3, -0.25) is 0 Å². The molecule has 0 saturated carbocycles. The van der Waals surface area contributed by atoms with E-state index in [1.165, 1.54) is 22.6 Å². The molecule has 1 N–H and O–H groups in total. The molecule has 0 bridgehead atoms. The fraction of sp³-hybridized carbons (Fsp3) is 0.375. The average molecular weight is 312 g/mol. The minimum Gasteiger partial charge on any atom is -0.317 e. The molecule has 0 fully saturated rings. The van der Waals surface area contributed by atoms with Crippen LogP contribution >= 0.6 is 22.9 Å². The van der Waals surface area contributed by atoms with Crippen LogP contribution in [0.2, 0.25) is 4.34 Å². The lowest BCUT2D eigenvalue weighted by Gasteiger charge is -2.16. The van der Waals surface area contributed by atoms with Crippen LogP contribution in [-0.2, 0) is 12.8 Å². The second-order valence-electron chi connectivity index (χ2n) is 4.91. The molecule has 4 heteroatoms. The zero-order valence-electron chi connectivity index (χ0n) is 11.5. The van der Waals surface area contributed by atoms with Gasteiger partial charge in [0.1, 0.15) is 5.82 Å². The third-order valence-corrected chi connectivity index (χ3v) is 4.49. The van der Waals surface area contributed by atoms with Gasteiger partial charge in [-0.25, -0.2) is 4.39 Å². The molecule has 1 unspecified atom stereocenters. The molecular weight excluding hydrogens is 293 g/mol. The number of rotatable bonds is 7. The Hall–Kier alpha value is -0.900. The highest BCUT2D eigenvalue weighted by Gasteiger charge is 2.12. The van der Waals surface area contributed by atoms with E-state index in [-0.39, 0.29) is 5.82 Å². The van der Waals surface area contributed by atoms with Gasteiger partial charge in [0.2, 0.25) is 0 Å². The molecule has 0 aliphatic carbocycles. The summed E-state index contributed by atoms with van der Waals surface area (Å²) in [6, 6.07) is 10.8. The van der Waals surface area contributed by atoms with Gasteiger partial charge in [0.25, 0.3) is 0 Å². The smallest absolute Gasteiger partial charge is 0.123 e. The van der Waals surface area contributed by atoms with E-state index < -0.39 is 0 Å². The van der Waals surface area contributed by atoms with Crippen molar-refractivity contribution in [1.29, 1.82) is 0 Å². The van der Waals surface area contributed by atoms with E-state index in [9.17, 15) is 4.39 Å². The van der Waals surface area contributed by atoms with Crippen LogP contribution in [0.1, 0.15) is 17.4 Å². The summed E-state index contributed by atoms with van der Waals surface area (Å²) in [5, 5.41) is 3.40.